The molecule has 0 spiro atoms. The average molecular weight is 221 g/mol. The molecule has 15 heavy (non-hydrogen) atoms. The smallest absolute Gasteiger partial charge is 0.225 e. The Labute approximate surface area is 92.2 Å². The van der Waals surface area contributed by atoms with Gasteiger partial charge in [-0.2, -0.15) is 0 Å². The Balaban J connectivity index is 2.41. The van der Waals surface area contributed by atoms with E-state index in [0.29, 0.717) is 12.0 Å². The van der Waals surface area contributed by atoms with E-state index < -0.39 is 0 Å². The molecule has 1 aromatic rings. The van der Waals surface area contributed by atoms with E-state index in [0.717, 1.165) is 16.3 Å². The third-order valence-electron chi connectivity index (χ3n) is 2.25. The van der Waals surface area contributed by atoms with E-state index in [-0.39, 0.29) is 11.7 Å². The Bertz CT molecular complexity index is 429. The van der Waals surface area contributed by atoms with Crippen molar-refractivity contribution in [2.75, 3.05) is 11.1 Å². The number of hydrogen-bond donors (Lipinski definition) is 1. The zero-order valence-corrected chi connectivity index (χ0v) is 9.19. The molecule has 0 radical (unpaired) electrons. The lowest BCUT2D eigenvalue weighted by atomic mass is 10.1. The van der Waals surface area contributed by atoms with Crippen molar-refractivity contribution in [1.82, 2.24) is 0 Å². The van der Waals surface area contributed by atoms with E-state index in [4.69, 9.17) is 0 Å². The maximum Gasteiger partial charge on any atom is 0.225 e. The number of nitrogens with one attached hydrogen (secondary N) is 1. The lowest BCUT2D eigenvalue weighted by molar-refractivity contribution is -0.115. The molecule has 0 aromatic heterocycles. The van der Waals surface area contributed by atoms with Crippen LogP contribution in [0.25, 0.3) is 0 Å². The maximum absolute atomic E-state index is 11.3. The molecule has 0 saturated heterocycles. The summed E-state index contributed by atoms with van der Waals surface area (Å²) in [5, 5.41) is 2.81. The van der Waals surface area contributed by atoms with Gasteiger partial charge in [0.1, 0.15) is 0 Å². The third-order valence-corrected chi connectivity index (χ3v) is 3.32. The van der Waals surface area contributed by atoms with Crippen LogP contribution >= 0.6 is 11.8 Å². The first-order valence-corrected chi connectivity index (χ1v) is 5.73. The summed E-state index contributed by atoms with van der Waals surface area (Å²) >= 11 is 1.64. The molecule has 0 atom stereocenters. The summed E-state index contributed by atoms with van der Waals surface area (Å²) in [6, 6.07) is 5.43. The first kappa shape index (κ1) is 10.2. The van der Waals surface area contributed by atoms with Gasteiger partial charge in [0.25, 0.3) is 0 Å². The summed E-state index contributed by atoms with van der Waals surface area (Å²) in [7, 11) is 0. The number of hydrogen-bond acceptors (Lipinski definition) is 3. The SMILES string of the molecule is CC(=O)c1ccc2c(c1)NC(=O)CCS2. The van der Waals surface area contributed by atoms with Crippen LogP contribution in [0.4, 0.5) is 5.69 Å². The fourth-order valence-electron chi connectivity index (χ4n) is 1.44. The summed E-state index contributed by atoms with van der Waals surface area (Å²) in [6.07, 6.45) is 0.523. The van der Waals surface area contributed by atoms with Gasteiger partial charge in [0.2, 0.25) is 5.91 Å². The van der Waals surface area contributed by atoms with Gasteiger partial charge in [-0.1, -0.05) is 6.07 Å². The molecule has 1 heterocycles. The minimum atomic E-state index is 0.0151. The topological polar surface area (TPSA) is 46.2 Å². The maximum atomic E-state index is 11.3. The molecule has 1 aromatic carbocycles. The highest BCUT2D eigenvalue weighted by atomic mass is 32.2. The predicted octanol–water partition coefficient (Wildman–Crippen LogP) is 2.32. The Morgan fingerprint density at radius 1 is 1.47 bits per heavy atom. The number of fused-ring (bicyclic) bond motifs is 1. The molecule has 2 rings (SSSR count). The number of amides is 1. The molecule has 1 amide bonds. The molecule has 78 valence electrons. The highest BCUT2D eigenvalue weighted by Gasteiger charge is 2.14. The van der Waals surface area contributed by atoms with Gasteiger partial charge in [0.15, 0.2) is 5.78 Å². The quantitative estimate of drug-likeness (QED) is 0.740. The number of anilines is 1. The van der Waals surface area contributed by atoms with Gasteiger partial charge in [0.05, 0.1) is 5.69 Å². The zero-order chi connectivity index (χ0) is 10.8. The molecular formula is C11H11NO2S. The number of Topliss-reactive ketones (excluding diaryl/α,β-unsaturated/α-hetero) is 1. The van der Waals surface area contributed by atoms with E-state index in [1.54, 1.807) is 23.9 Å². The number of benzene rings is 1. The van der Waals surface area contributed by atoms with E-state index in [1.807, 2.05) is 6.07 Å². The van der Waals surface area contributed by atoms with Crippen LogP contribution in [0.1, 0.15) is 23.7 Å². The Morgan fingerprint density at radius 3 is 3.00 bits per heavy atom. The normalized spacial score (nSPS) is 15.1. The van der Waals surface area contributed by atoms with Gasteiger partial charge in [-0.25, -0.2) is 0 Å². The predicted molar refractivity (Wildman–Crippen MR) is 60.4 cm³/mol. The summed E-state index contributed by atoms with van der Waals surface area (Å²) < 4.78 is 0. The van der Waals surface area contributed by atoms with Gasteiger partial charge >= 0.3 is 0 Å². The molecule has 1 aliphatic heterocycles. The fourth-order valence-corrected chi connectivity index (χ4v) is 2.38. The second-order valence-electron chi connectivity index (χ2n) is 3.41. The molecule has 1 aliphatic rings. The molecule has 0 bridgehead atoms. The molecule has 0 saturated carbocycles. The van der Waals surface area contributed by atoms with Crippen LogP contribution < -0.4 is 5.32 Å². The van der Waals surface area contributed by atoms with E-state index in [1.165, 1.54) is 6.92 Å². The molecule has 1 N–H and O–H groups in total. The molecule has 4 heteroatoms. The summed E-state index contributed by atoms with van der Waals surface area (Å²) in [5.41, 5.74) is 1.40. The lowest BCUT2D eigenvalue weighted by Crippen LogP contribution is -2.10. The number of carbonyl (C=O) groups is 2. The van der Waals surface area contributed by atoms with Gasteiger partial charge in [0, 0.05) is 22.6 Å². The average Bonchev–Trinajstić information content (AvgIpc) is 2.37. The summed E-state index contributed by atoms with van der Waals surface area (Å²) in [4.78, 5) is 23.5. The van der Waals surface area contributed by atoms with Crippen LogP contribution in [-0.2, 0) is 4.79 Å². The number of ketones is 1. The Hall–Kier alpha value is -1.29. The number of carbonyl (C=O) groups excluding carboxylic acids is 2. The van der Waals surface area contributed by atoms with Crippen molar-refractivity contribution in [3.63, 3.8) is 0 Å². The van der Waals surface area contributed by atoms with Crippen molar-refractivity contribution in [3.05, 3.63) is 23.8 Å². The Morgan fingerprint density at radius 2 is 2.27 bits per heavy atom. The fraction of sp³-hybridized carbons (Fsp3) is 0.273. The van der Waals surface area contributed by atoms with Crippen molar-refractivity contribution in [3.8, 4) is 0 Å². The molecule has 0 unspecified atom stereocenters. The van der Waals surface area contributed by atoms with E-state index >= 15 is 0 Å². The lowest BCUT2D eigenvalue weighted by Gasteiger charge is -2.06. The van der Waals surface area contributed by atoms with Crippen molar-refractivity contribution in [2.24, 2.45) is 0 Å². The summed E-state index contributed by atoms with van der Waals surface area (Å²) in [5.74, 6) is 0.821. The van der Waals surface area contributed by atoms with E-state index in [9.17, 15) is 9.59 Å². The highest BCUT2D eigenvalue weighted by molar-refractivity contribution is 7.99. The van der Waals surface area contributed by atoms with Crippen LogP contribution in [0.2, 0.25) is 0 Å². The van der Waals surface area contributed by atoms with Gasteiger partial charge < -0.3 is 5.32 Å². The van der Waals surface area contributed by atoms with Gasteiger partial charge in [-0.15, -0.1) is 11.8 Å². The zero-order valence-electron chi connectivity index (χ0n) is 8.37. The van der Waals surface area contributed by atoms with E-state index in [2.05, 4.69) is 5.32 Å². The molecule has 0 aliphatic carbocycles. The van der Waals surface area contributed by atoms with Gasteiger partial charge in [-0.05, 0) is 19.1 Å². The van der Waals surface area contributed by atoms with Crippen LogP contribution in [0.15, 0.2) is 23.1 Å². The third kappa shape index (κ3) is 2.21. The van der Waals surface area contributed by atoms with Crippen molar-refractivity contribution in [2.45, 2.75) is 18.2 Å². The van der Waals surface area contributed by atoms with Crippen molar-refractivity contribution >= 4 is 29.1 Å². The van der Waals surface area contributed by atoms with Crippen LogP contribution in [0.3, 0.4) is 0 Å². The van der Waals surface area contributed by atoms with Crippen molar-refractivity contribution < 1.29 is 9.59 Å². The minimum Gasteiger partial charge on any atom is -0.325 e. The minimum absolute atomic E-state index is 0.0151. The Kier molecular flexibility index (Phi) is 2.77. The second kappa shape index (κ2) is 4.06. The standard InChI is InChI=1S/C11H11NO2S/c1-7(13)8-2-3-10-9(6-8)12-11(14)4-5-15-10/h2-3,6H,4-5H2,1H3,(H,12,14). The first-order chi connectivity index (χ1) is 7.16. The summed E-state index contributed by atoms with van der Waals surface area (Å²) in [6.45, 7) is 1.52. The second-order valence-corrected chi connectivity index (χ2v) is 4.55. The van der Waals surface area contributed by atoms with Crippen LogP contribution in [0.5, 0.6) is 0 Å². The molecular weight excluding hydrogens is 210 g/mol. The number of rotatable bonds is 1. The molecule has 3 nitrogen and oxygen atoms in total. The number of thioether (sulfide) groups is 1. The van der Waals surface area contributed by atoms with Crippen LogP contribution in [0, 0.1) is 0 Å². The van der Waals surface area contributed by atoms with Crippen LogP contribution in [-0.4, -0.2) is 17.4 Å². The monoisotopic (exact) mass is 221 g/mol. The largest absolute Gasteiger partial charge is 0.325 e. The highest BCUT2D eigenvalue weighted by Crippen LogP contribution is 2.31. The molecule has 0 fully saturated rings. The van der Waals surface area contributed by atoms with Crippen molar-refractivity contribution in [1.29, 1.82) is 0 Å². The van der Waals surface area contributed by atoms with Gasteiger partial charge in [-0.3, -0.25) is 9.59 Å². The first-order valence-electron chi connectivity index (χ1n) is 4.74.